The van der Waals surface area contributed by atoms with Gasteiger partial charge in [-0.05, 0) is 24.3 Å². The Labute approximate surface area is 111 Å². The fourth-order valence-electron chi connectivity index (χ4n) is 1.82. The van der Waals surface area contributed by atoms with E-state index in [4.69, 9.17) is 10.5 Å². The Bertz CT molecular complexity index is 400. The van der Waals surface area contributed by atoms with Gasteiger partial charge in [-0.3, -0.25) is 4.79 Å². The van der Waals surface area contributed by atoms with E-state index in [0.29, 0.717) is 31.8 Å². The summed E-state index contributed by atoms with van der Waals surface area (Å²) in [4.78, 5) is 13.8. The molecule has 0 spiro atoms. The van der Waals surface area contributed by atoms with Crippen LogP contribution in [0.15, 0.2) is 24.3 Å². The van der Waals surface area contributed by atoms with Gasteiger partial charge in [0.25, 0.3) is 5.91 Å². The van der Waals surface area contributed by atoms with Crippen LogP contribution in [0.4, 0.5) is 4.39 Å². The second kappa shape index (κ2) is 6.68. The van der Waals surface area contributed by atoms with E-state index in [-0.39, 0.29) is 30.2 Å². The molecule has 0 aromatic heterocycles. The molecule has 18 heavy (non-hydrogen) atoms. The van der Waals surface area contributed by atoms with Crippen LogP contribution in [0.2, 0.25) is 0 Å². The molecule has 0 saturated carbocycles. The second-order valence-corrected chi connectivity index (χ2v) is 3.99. The normalized spacial score (nSPS) is 19.2. The Morgan fingerprint density at radius 3 is 2.72 bits per heavy atom. The lowest BCUT2D eigenvalue weighted by Gasteiger charge is -2.32. The van der Waals surface area contributed by atoms with Gasteiger partial charge in [0.05, 0.1) is 12.7 Å². The highest BCUT2D eigenvalue weighted by Gasteiger charge is 2.23. The molecule has 1 saturated heterocycles. The van der Waals surface area contributed by atoms with Gasteiger partial charge in [0, 0.05) is 25.2 Å². The van der Waals surface area contributed by atoms with Crippen molar-refractivity contribution in [2.45, 2.75) is 6.10 Å². The molecule has 1 aromatic carbocycles. The van der Waals surface area contributed by atoms with Crippen LogP contribution in [0.5, 0.6) is 0 Å². The number of morpholine rings is 1. The molecular formula is C12H16ClFN2O2. The molecule has 0 bridgehead atoms. The molecule has 6 heteroatoms. The number of carbonyl (C=O) groups is 1. The van der Waals surface area contributed by atoms with E-state index in [2.05, 4.69) is 0 Å². The van der Waals surface area contributed by atoms with E-state index in [9.17, 15) is 9.18 Å². The van der Waals surface area contributed by atoms with E-state index in [1.165, 1.54) is 24.3 Å². The Morgan fingerprint density at radius 2 is 2.11 bits per heavy atom. The first kappa shape index (κ1) is 14.9. The van der Waals surface area contributed by atoms with Gasteiger partial charge in [-0.15, -0.1) is 12.4 Å². The third-order valence-electron chi connectivity index (χ3n) is 2.78. The van der Waals surface area contributed by atoms with Crippen LogP contribution in [0.1, 0.15) is 10.4 Å². The summed E-state index contributed by atoms with van der Waals surface area (Å²) in [5, 5.41) is 0. The van der Waals surface area contributed by atoms with Crippen molar-refractivity contribution in [3.05, 3.63) is 35.6 Å². The topological polar surface area (TPSA) is 55.6 Å². The fourth-order valence-corrected chi connectivity index (χ4v) is 1.82. The van der Waals surface area contributed by atoms with Crippen molar-refractivity contribution in [2.24, 2.45) is 5.73 Å². The molecule has 100 valence electrons. The highest BCUT2D eigenvalue weighted by atomic mass is 35.5. The summed E-state index contributed by atoms with van der Waals surface area (Å²) < 4.78 is 18.1. The molecule has 0 radical (unpaired) electrons. The maximum absolute atomic E-state index is 12.7. The first-order chi connectivity index (χ1) is 8.20. The average molecular weight is 275 g/mol. The van der Waals surface area contributed by atoms with Crippen molar-refractivity contribution < 1.29 is 13.9 Å². The zero-order chi connectivity index (χ0) is 12.3. The molecular weight excluding hydrogens is 259 g/mol. The maximum Gasteiger partial charge on any atom is 0.254 e. The zero-order valence-electron chi connectivity index (χ0n) is 9.84. The summed E-state index contributed by atoms with van der Waals surface area (Å²) >= 11 is 0. The fraction of sp³-hybridized carbons (Fsp3) is 0.417. The number of nitrogens with zero attached hydrogens (tertiary/aromatic N) is 1. The van der Waals surface area contributed by atoms with Gasteiger partial charge in [-0.25, -0.2) is 4.39 Å². The molecule has 1 aromatic rings. The predicted molar refractivity (Wildman–Crippen MR) is 68.3 cm³/mol. The number of ether oxygens (including phenoxy) is 1. The van der Waals surface area contributed by atoms with Crippen molar-refractivity contribution in [2.75, 3.05) is 26.2 Å². The summed E-state index contributed by atoms with van der Waals surface area (Å²) in [6.07, 6.45) is -0.104. The van der Waals surface area contributed by atoms with E-state index in [1.807, 2.05) is 0 Å². The molecule has 0 aliphatic carbocycles. The van der Waals surface area contributed by atoms with Gasteiger partial charge in [0.2, 0.25) is 0 Å². The molecule has 4 nitrogen and oxygen atoms in total. The van der Waals surface area contributed by atoms with Crippen molar-refractivity contribution in [3.63, 3.8) is 0 Å². The van der Waals surface area contributed by atoms with Gasteiger partial charge in [-0.2, -0.15) is 0 Å². The third-order valence-corrected chi connectivity index (χ3v) is 2.78. The lowest BCUT2D eigenvalue weighted by molar-refractivity contribution is -0.0167. The van der Waals surface area contributed by atoms with Gasteiger partial charge in [0.15, 0.2) is 0 Å². The van der Waals surface area contributed by atoms with Gasteiger partial charge < -0.3 is 15.4 Å². The largest absolute Gasteiger partial charge is 0.373 e. The summed E-state index contributed by atoms with van der Waals surface area (Å²) in [6, 6.07) is 5.55. The van der Waals surface area contributed by atoms with Crippen LogP contribution in [0.3, 0.4) is 0 Å². The van der Waals surface area contributed by atoms with E-state index in [1.54, 1.807) is 4.90 Å². The van der Waals surface area contributed by atoms with Gasteiger partial charge >= 0.3 is 0 Å². The van der Waals surface area contributed by atoms with Gasteiger partial charge in [-0.1, -0.05) is 0 Å². The number of nitrogens with two attached hydrogens (primary N) is 1. The molecule has 1 aliphatic rings. The van der Waals surface area contributed by atoms with Crippen molar-refractivity contribution in [3.8, 4) is 0 Å². The highest BCUT2D eigenvalue weighted by Crippen LogP contribution is 2.11. The third kappa shape index (κ3) is 3.41. The van der Waals surface area contributed by atoms with Crippen LogP contribution < -0.4 is 5.73 Å². The minimum Gasteiger partial charge on any atom is -0.373 e. The van der Waals surface area contributed by atoms with Crippen LogP contribution in [0.25, 0.3) is 0 Å². The minimum atomic E-state index is -0.344. The molecule has 1 unspecified atom stereocenters. The number of rotatable bonds is 2. The summed E-state index contributed by atoms with van der Waals surface area (Å²) in [7, 11) is 0. The number of hydrogen-bond donors (Lipinski definition) is 1. The predicted octanol–water partition coefficient (Wildman–Crippen LogP) is 1.05. The molecule has 2 rings (SSSR count). The Kier molecular flexibility index (Phi) is 5.53. The molecule has 1 fully saturated rings. The first-order valence-corrected chi connectivity index (χ1v) is 5.57. The zero-order valence-corrected chi connectivity index (χ0v) is 10.7. The van der Waals surface area contributed by atoms with Crippen molar-refractivity contribution in [1.29, 1.82) is 0 Å². The number of benzene rings is 1. The smallest absolute Gasteiger partial charge is 0.254 e. The second-order valence-electron chi connectivity index (χ2n) is 3.99. The van der Waals surface area contributed by atoms with Gasteiger partial charge in [0.1, 0.15) is 5.82 Å². The van der Waals surface area contributed by atoms with E-state index in [0.717, 1.165) is 0 Å². The number of halogens is 2. The first-order valence-electron chi connectivity index (χ1n) is 5.57. The van der Waals surface area contributed by atoms with Crippen LogP contribution in [-0.2, 0) is 4.74 Å². The molecule has 1 amide bonds. The summed E-state index contributed by atoms with van der Waals surface area (Å²) in [5.41, 5.74) is 6.00. The SMILES string of the molecule is Cl.NCC1CN(C(=O)c2ccc(F)cc2)CCO1. The van der Waals surface area contributed by atoms with Crippen LogP contribution in [0, 0.1) is 5.82 Å². The molecule has 1 atom stereocenters. The number of amides is 1. The van der Waals surface area contributed by atoms with Crippen molar-refractivity contribution >= 4 is 18.3 Å². The van der Waals surface area contributed by atoms with Crippen molar-refractivity contribution in [1.82, 2.24) is 4.90 Å². The van der Waals surface area contributed by atoms with Crippen LogP contribution >= 0.6 is 12.4 Å². The molecule has 2 N–H and O–H groups in total. The standard InChI is InChI=1S/C12H15FN2O2.ClH/c13-10-3-1-9(2-4-10)12(16)15-5-6-17-11(7-14)8-15;/h1-4,11H,5-8,14H2;1H. The lowest BCUT2D eigenvalue weighted by atomic mass is 10.1. The maximum atomic E-state index is 12.7. The molecule has 1 aliphatic heterocycles. The van der Waals surface area contributed by atoms with Crippen LogP contribution in [-0.4, -0.2) is 43.2 Å². The monoisotopic (exact) mass is 274 g/mol. The average Bonchev–Trinajstić information content (AvgIpc) is 2.39. The number of carbonyl (C=O) groups excluding carboxylic acids is 1. The summed E-state index contributed by atoms with van der Waals surface area (Å²) in [6.45, 7) is 1.93. The Hall–Kier alpha value is -1.17. The van der Waals surface area contributed by atoms with E-state index < -0.39 is 0 Å². The quantitative estimate of drug-likeness (QED) is 0.877. The summed E-state index contributed by atoms with van der Waals surface area (Å²) in [5.74, 6) is -0.449. The molecule has 1 heterocycles. The highest BCUT2D eigenvalue weighted by molar-refractivity contribution is 5.94. The lowest BCUT2D eigenvalue weighted by Crippen LogP contribution is -2.48. The Balaban J connectivity index is 0.00000162. The minimum absolute atomic E-state index is 0. The van der Waals surface area contributed by atoms with E-state index >= 15 is 0 Å². The Morgan fingerprint density at radius 1 is 1.44 bits per heavy atom. The number of hydrogen-bond acceptors (Lipinski definition) is 3.